The summed E-state index contributed by atoms with van der Waals surface area (Å²) < 4.78 is 0. The molecule has 2 aliphatic rings. The third-order valence-corrected chi connectivity index (χ3v) is 3.34. The van der Waals surface area contributed by atoms with Gasteiger partial charge in [-0.2, -0.15) is 0 Å². The molecule has 4 amide bonds. The van der Waals surface area contributed by atoms with E-state index in [2.05, 4.69) is 5.32 Å². The Hall–Kier alpha value is -1.59. The van der Waals surface area contributed by atoms with Gasteiger partial charge in [-0.1, -0.05) is 13.8 Å². The zero-order valence-electron chi connectivity index (χ0n) is 10.8. The van der Waals surface area contributed by atoms with E-state index in [4.69, 9.17) is 0 Å². The molecule has 1 atom stereocenters. The molecule has 6 heteroatoms. The maximum absolute atomic E-state index is 11.9. The van der Waals surface area contributed by atoms with Crippen LogP contribution in [-0.4, -0.2) is 53.3 Å². The van der Waals surface area contributed by atoms with Crippen molar-refractivity contribution in [1.82, 2.24) is 15.1 Å². The Labute approximate surface area is 106 Å². The van der Waals surface area contributed by atoms with Crippen molar-refractivity contribution in [3.8, 4) is 0 Å². The molecule has 0 radical (unpaired) electrons. The van der Waals surface area contributed by atoms with Gasteiger partial charge in [0.05, 0.1) is 12.6 Å². The second-order valence-electron chi connectivity index (χ2n) is 5.30. The van der Waals surface area contributed by atoms with Crippen molar-refractivity contribution in [1.29, 1.82) is 0 Å². The first-order valence-corrected chi connectivity index (χ1v) is 6.36. The quantitative estimate of drug-likeness (QED) is 0.730. The van der Waals surface area contributed by atoms with Gasteiger partial charge >= 0.3 is 6.03 Å². The molecule has 0 aromatic carbocycles. The lowest BCUT2D eigenvalue weighted by molar-refractivity contribution is -0.132. The van der Waals surface area contributed by atoms with E-state index in [1.165, 1.54) is 4.90 Å². The van der Waals surface area contributed by atoms with Crippen LogP contribution in [0.5, 0.6) is 0 Å². The number of urea groups is 1. The molecule has 0 saturated carbocycles. The topological polar surface area (TPSA) is 69.7 Å². The Morgan fingerprint density at radius 2 is 2.17 bits per heavy atom. The summed E-state index contributed by atoms with van der Waals surface area (Å²) in [6.07, 6.45) is 1.20. The van der Waals surface area contributed by atoms with Crippen LogP contribution in [0.2, 0.25) is 0 Å². The largest absolute Gasteiger partial charge is 0.341 e. The predicted molar refractivity (Wildman–Crippen MR) is 64.7 cm³/mol. The Bertz CT molecular complexity index is 365. The van der Waals surface area contributed by atoms with Gasteiger partial charge in [-0.05, 0) is 12.3 Å². The summed E-state index contributed by atoms with van der Waals surface area (Å²) in [5.41, 5.74) is 0. The van der Waals surface area contributed by atoms with E-state index in [0.29, 0.717) is 31.8 Å². The van der Waals surface area contributed by atoms with Crippen LogP contribution in [0.3, 0.4) is 0 Å². The molecular weight excluding hydrogens is 234 g/mol. The van der Waals surface area contributed by atoms with Crippen molar-refractivity contribution in [3.63, 3.8) is 0 Å². The summed E-state index contributed by atoms with van der Waals surface area (Å²) in [6, 6.07) is -0.487. The third kappa shape index (κ3) is 2.47. The van der Waals surface area contributed by atoms with Crippen LogP contribution in [0.4, 0.5) is 4.79 Å². The second-order valence-corrected chi connectivity index (χ2v) is 5.30. The summed E-state index contributed by atoms with van der Waals surface area (Å²) in [4.78, 5) is 38.0. The first-order chi connectivity index (χ1) is 8.49. The summed E-state index contributed by atoms with van der Waals surface area (Å²) in [5, 5.41) is 2.51. The number of imide groups is 1. The van der Waals surface area contributed by atoms with Crippen LogP contribution in [0.15, 0.2) is 0 Å². The average molecular weight is 253 g/mol. The van der Waals surface area contributed by atoms with E-state index in [0.717, 1.165) is 0 Å². The minimum absolute atomic E-state index is 0.0786. The molecule has 6 nitrogen and oxygen atoms in total. The highest BCUT2D eigenvalue weighted by molar-refractivity contribution is 6.02. The molecule has 1 N–H and O–H groups in total. The van der Waals surface area contributed by atoms with Gasteiger partial charge in [-0.15, -0.1) is 0 Å². The summed E-state index contributed by atoms with van der Waals surface area (Å²) >= 11 is 0. The number of rotatable bonds is 3. The van der Waals surface area contributed by atoms with Crippen LogP contribution in [-0.2, 0) is 9.59 Å². The highest BCUT2D eigenvalue weighted by Crippen LogP contribution is 2.19. The normalized spacial score (nSPS) is 24.1. The van der Waals surface area contributed by atoms with E-state index in [-0.39, 0.29) is 30.4 Å². The zero-order valence-corrected chi connectivity index (χ0v) is 10.8. The van der Waals surface area contributed by atoms with E-state index in [1.807, 2.05) is 13.8 Å². The minimum atomic E-state index is -0.330. The first-order valence-electron chi connectivity index (χ1n) is 6.36. The van der Waals surface area contributed by atoms with E-state index in [9.17, 15) is 14.4 Å². The van der Waals surface area contributed by atoms with Crippen molar-refractivity contribution in [2.45, 2.75) is 32.7 Å². The summed E-state index contributed by atoms with van der Waals surface area (Å²) in [5.74, 6) is 0.246. The summed E-state index contributed by atoms with van der Waals surface area (Å²) in [7, 11) is 0. The fourth-order valence-electron chi connectivity index (χ4n) is 2.46. The minimum Gasteiger partial charge on any atom is -0.341 e. The third-order valence-electron chi connectivity index (χ3n) is 3.34. The Balaban J connectivity index is 1.94. The number of hydrogen-bond acceptors (Lipinski definition) is 3. The van der Waals surface area contributed by atoms with Crippen LogP contribution >= 0.6 is 0 Å². The first kappa shape index (κ1) is 12.9. The monoisotopic (exact) mass is 253 g/mol. The number of carbonyl (C=O) groups excluding carboxylic acids is 3. The van der Waals surface area contributed by atoms with Gasteiger partial charge < -0.3 is 10.2 Å². The van der Waals surface area contributed by atoms with Crippen molar-refractivity contribution in [2.24, 2.45) is 5.92 Å². The molecule has 2 fully saturated rings. The van der Waals surface area contributed by atoms with E-state index in [1.54, 1.807) is 4.90 Å². The molecule has 2 heterocycles. The molecule has 100 valence electrons. The highest BCUT2D eigenvalue weighted by atomic mass is 16.2. The molecule has 18 heavy (non-hydrogen) atoms. The van der Waals surface area contributed by atoms with Crippen LogP contribution in [0.25, 0.3) is 0 Å². The van der Waals surface area contributed by atoms with Crippen molar-refractivity contribution in [3.05, 3.63) is 0 Å². The van der Waals surface area contributed by atoms with E-state index >= 15 is 0 Å². The van der Waals surface area contributed by atoms with Gasteiger partial charge in [0, 0.05) is 19.5 Å². The Morgan fingerprint density at radius 1 is 1.44 bits per heavy atom. The molecule has 2 saturated heterocycles. The number of nitrogens with zero attached hydrogens (tertiary/aromatic N) is 2. The fraction of sp³-hybridized carbons (Fsp3) is 0.750. The van der Waals surface area contributed by atoms with Gasteiger partial charge in [0.25, 0.3) is 0 Å². The van der Waals surface area contributed by atoms with Gasteiger partial charge in [0.1, 0.15) is 0 Å². The lowest BCUT2D eigenvalue weighted by Gasteiger charge is -2.22. The second kappa shape index (κ2) is 4.96. The average Bonchev–Trinajstić information content (AvgIpc) is 2.85. The van der Waals surface area contributed by atoms with Gasteiger partial charge in [0.2, 0.25) is 11.8 Å². The standard InChI is InChI=1S/C12H19N3O3/c1-8(2)5-10(16)14-4-3-9(7-14)15-11(17)6-13-12(15)18/h8-9H,3-7H2,1-2H3,(H,13,18). The number of nitrogens with one attached hydrogen (secondary N) is 1. The lowest BCUT2D eigenvalue weighted by atomic mass is 10.1. The van der Waals surface area contributed by atoms with Crippen molar-refractivity contribution >= 4 is 17.8 Å². The molecular formula is C12H19N3O3. The molecule has 0 aliphatic carbocycles. The molecule has 0 bridgehead atoms. The molecule has 0 aromatic heterocycles. The van der Waals surface area contributed by atoms with Crippen LogP contribution in [0, 0.1) is 5.92 Å². The van der Waals surface area contributed by atoms with Crippen LogP contribution < -0.4 is 5.32 Å². The molecule has 1 unspecified atom stereocenters. The molecule has 0 aromatic rings. The Morgan fingerprint density at radius 3 is 2.72 bits per heavy atom. The van der Waals surface area contributed by atoms with Gasteiger partial charge in [0.15, 0.2) is 0 Å². The van der Waals surface area contributed by atoms with Gasteiger partial charge in [-0.25, -0.2) is 4.79 Å². The molecule has 2 aliphatic heterocycles. The smallest absolute Gasteiger partial charge is 0.324 e. The Kier molecular flexibility index (Phi) is 3.54. The number of likely N-dealkylation sites (tertiary alicyclic amines) is 1. The number of carbonyl (C=O) groups is 3. The summed E-state index contributed by atoms with van der Waals surface area (Å²) in [6.45, 7) is 5.19. The van der Waals surface area contributed by atoms with Crippen molar-refractivity contribution in [2.75, 3.05) is 19.6 Å². The maximum Gasteiger partial charge on any atom is 0.324 e. The number of amides is 4. The van der Waals surface area contributed by atoms with Gasteiger partial charge in [-0.3, -0.25) is 14.5 Å². The van der Waals surface area contributed by atoms with Crippen molar-refractivity contribution < 1.29 is 14.4 Å². The van der Waals surface area contributed by atoms with E-state index < -0.39 is 0 Å². The molecule has 0 spiro atoms. The maximum atomic E-state index is 11.9. The predicted octanol–water partition coefficient (Wildman–Crippen LogP) is 0.185. The fourth-order valence-corrected chi connectivity index (χ4v) is 2.46. The SMILES string of the molecule is CC(C)CC(=O)N1CCC(N2C(=O)CNC2=O)C1. The lowest BCUT2D eigenvalue weighted by Crippen LogP contribution is -2.43. The number of hydrogen-bond donors (Lipinski definition) is 1. The van der Waals surface area contributed by atoms with Crippen LogP contribution in [0.1, 0.15) is 26.7 Å². The highest BCUT2D eigenvalue weighted by Gasteiger charge is 2.39. The molecule has 2 rings (SSSR count). The zero-order chi connectivity index (χ0) is 13.3.